The zero-order valence-corrected chi connectivity index (χ0v) is 14.4. The fraction of sp³-hybridized carbons (Fsp3) is 0.789. The quantitative estimate of drug-likeness (QED) is 0.346. The second-order valence-electron chi connectivity index (χ2n) is 7.20. The Kier molecular flexibility index (Phi) is 7.13. The van der Waals surface area contributed by atoms with Gasteiger partial charge in [-0.05, 0) is 63.2 Å². The van der Waals surface area contributed by atoms with Gasteiger partial charge in [-0.15, -0.1) is 0 Å². The molecule has 0 radical (unpaired) electrons. The maximum atomic E-state index is 11.7. The van der Waals surface area contributed by atoms with Crippen LogP contribution in [0.5, 0.6) is 0 Å². The monoisotopic (exact) mass is 322 g/mol. The van der Waals surface area contributed by atoms with Crippen molar-refractivity contribution in [2.75, 3.05) is 13.2 Å². The highest BCUT2D eigenvalue weighted by Gasteiger charge is 2.42. The second kappa shape index (κ2) is 9.09. The highest BCUT2D eigenvalue weighted by atomic mass is 16.5. The zero-order valence-electron chi connectivity index (χ0n) is 14.4. The molecule has 2 fully saturated rings. The number of hydrogen-bond acceptors (Lipinski definition) is 4. The molecule has 2 aliphatic carbocycles. The lowest BCUT2D eigenvalue weighted by Gasteiger charge is -2.20. The smallest absolute Gasteiger partial charge is 0.333 e. The van der Waals surface area contributed by atoms with E-state index in [1.54, 1.807) is 6.92 Å². The predicted molar refractivity (Wildman–Crippen MR) is 88.8 cm³/mol. The summed E-state index contributed by atoms with van der Waals surface area (Å²) in [4.78, 5) is 22.9. The molecular formula is C19H30O4. The molecule has 130 valence electrons. The third-order valence-electron chi connectivity index (χ3n) is 4.99. The topological polar surface area (TPSA) is 52.6 Å². The molecule has 2 rings (SSSR count). The molecule has 0 aliphatic heterocycles. The second-order valence-corrected chi connectivity index (χ2v) is 7.20. The normalized spacial score (nSPS) is 25.3. The maximum Gasteiger partial charge on any atom is 0.333 e. The van der Waals surface area contributed by atoms with Crippen LogP contribution in [0.1, 0.15) is 64.7 Å². The summed E-state index contributed by atoms with van der Waals surface area (Å²) in [5.41, 5.74) is 0.433. The first-order valence-electron chi connectivity index (χ1n) is 9.04. The minimum Gasteiger partial charge on any atom is -0.465 e. The number of unbranched alkanes of at least 4 members (excludes halogenated alkanes) is 3. The number of hydrogen-bond donors (Lipinski definition) is 0. The fourth-order valence-electron chi connectivity index (χ4n) is 3.40. The Balaban J connectivity index is 1.39. The lowest BCUT2D eigenvalue weighted by molar-refractivity contribution is -0.145. The fourth-order valence-corrected chi connectivity index (χ4v) is 3.40. The van der Waals surface area contributed by atoms with Gasteiger partial charge in [-0.3, -0.25) is 4.79 Å². The first-order valence-corrected chi connectivity index (χ1v) is 9.04. The van der Waals surface area contributed by atoms with Gasteiger partial charge in [-0.2, -0.15) is 0 Å². The third-order valence-corrected chi connectivity index (χ3v) is 4.99. The van der Waals surface area contributed by atoms with Gasteiger partial charge in [0.15, 0.2) is 0 Å². The van der Waals surface area contributed by atoms with Gasteiger partial charge in [0.25, 0.3) is 0 Å². The van der Waals surface area contributed by atoms with Crippen LogP contribution in [0.15, 0.2) is 12.2 Å². The first-order chi connectivity index (χ1) is 11.1. The summed E-state index contributed by atoms with van der Waals surface area (Å²) in [6.07, 6.45) is 9.36. The number of rotatable bonds is 10. The average molecular weight is 322 g/mol. The van der Waals surface area contributed by atoms with Crippen molar-refractivity contribution in [3.8, 4) is 0 Å². The molecule has 3 atom stereocenters. The maximum absolute atomic E-state index is 11.7. The lowest BCUT2D eigenvalue weighted by atomic mass is 9.90. The molecule has 0 bridgehead atoms. The molecule has 2 saturated carbocycles. The van der Waals surface area contributed by atoms with Gasteiger partial charge in [0, 0.05) is 12.0 Å². The highest BCUT2D eigenvalue weighted by molar-refractivity contribution is 5.86. The summed E-state index contributed by atoms with van der Waals surface area (Å²) in [5, 5.41) is 0. The molecule has 23 heavy (non-hydrogen) atoms. The van der Waals surface area contributed by atoms with E-state index in [1.807, 2.05) is 0 Å². The van der Waals surface area contributed by atoms with Gasteiger partial charge in [-0.25, -0.2) is 4.79 Å². The lowest BCUT2D eigenvalue weighted by Crippen LogP contribution is -2.17. The average Bonchev–Trinajstić information content (AvgIpc) is 3.30. The number of carbonyl (C=O) groups excluding carboxylic acids is 2. The van der Waals surface area contributed by atoms with E-state index in [1.165, 1.54) is 25.7 Å². The predicted octanol–water partition coefficient (Wildman–Crippen LogP) is 4.04. The summed E-state index contributed by atoms with van der Waals surface area (Å²) >= 11 is 0. The van der Waals surface area contributed by atoms with E-state index in [-0.39, 0.29) is 11.9 Å². The number of fused-ring (bicyclic) bond motifs is 1. The Hall–Kier alpha value is -1.32. The van der Waals surface area contributed by atoms with Gasteiger partial charge in [0.05, 0.1) is 13.2 Å². The van der Waals surface area contributed by atoms with Crippen LogP contribution in [0.3, 0.4) is 0 Å². The van der Waals surface area contributed by atoms with Crippen molar-refractivity contribution in [1.82, 2.24) is 0 Å². The van der Waals surface area contributed by atoms with Crippen molar-refractivity contribution in [1.29, 1.82) is 0 Å². The first kappa shape index (κ1) is 18.0. The van der Waals surface area contributed by atoms with E-state index in [4.69, 9.17) is 9.47 Å². The van der Waals surface area contributed by atoms with Gasteiger partial charge in [0.2, 0.25) is 0 Å². The molecule has 0 aromatic rings. The van der Waals surface area contributed by atoms with Gasteiger partial charge >= 0.3 is 11.9 Å². The molecule has 0 spiro atoms. The Morgan fingerprint density at radius 2 is 1.78 bits per heavy atom. The van der Waals surface area contributed by atoms with Crippen LogP contribution in [-0.4, -0.2) is 25.2 Å². The molecule has 2 aliphatic rings. The Morgan fingerprint density at radius 3 is 2.52 bits per heavy atom. The minimum absolute atomic E-state index is 0.0587. The van der Waals surface area contributed by atoms with Crippen molar-refractivity contribution >= 4 is 11.9 Å². The van der Waals surface area contributed by atoms with Crippen molar-refractivity contribution < 1.29 is 19.1 Å². The standard InChI is InChI=1S/C19H30O4/c1-14(2)19(21)22-10-6-4-3-5-7-18(20)23-13-15-8-9-16-12-17(16)11-15/h15-17H,1,3-13H2,2H3. The molecule has 0 saturated heterocycles. The summed E-state index contributed by atoms with van der Waals surface area (Å²) in [6.45, 7) is 6.23. The van der Waals surface area contributed by atoms with Crippen LogP contribution in [0.4, 0.5) is 0 Å². The van der Waals surface area contributed by atoms with Crippen LogP contribution in [0.2, 0.25) is 0 Å². The van der Waals surface area contributed by atoms with Gasteiger partial charge in [0.1, 0.15) is 0 Å². The van der Waals surface area contributed by atoms with E-state index in [0.29, 0.717) is 31.1 Å². The van der Waals surface area contributed by atoms with Crippen LogP contribution >= 0.6 is 0 Å². The number of ether oxygens (including phenoxy) is 2. The largest absolute Gasteiger partial charge is 0.465 e. The van der Waals surface area contributed by atoms with Gasteiger partial charge in [-0.1, -0.05) is 19.4 Å². The zero-order chi connectivity index (χ0) is 16.7. The van der Waals surface area contributed by atoms with E-state index < -0.39 is 0 Å². The number of carbonyl (C=O) groups is 2. The van der Waals surface area contributed by atoms with Gasteiger partial charge < -0.3 is 9.47 Å². The molecule has 3 unspecified atom stereocenters. The van der Waals surface area contributed by atoms with Crippen molar-refractivity contribution in [2.45, 2.75) is 64.7 Å². The SMILES string of the molecule is C=C(C)C(=O)OCCCCCCC(=O)OCC1CCC2CC2C1. The summed E-state index contributed by atoms with van der Waals surface area (Å²) in [7, 11) is 0. The van der Waals surface area contributed by atoms with Crippen LogP contribution in [0, 0.1) is 17.8 Å². The minimum atomic E-state index is -0.325. The molecule has 0 aromatic heterocycles. The summed E-state index contributed by atoms with van der Waals surface area (Å²) in [5.74, 6) is 2.15. The van der Waals surface area contributed by atoms with E-state index in [2.05, 4.69) is 6.58 Å². The van der Waals surface area contributed by atoms with E-state index in [9.17, 15) is 9.59 Å². The van der Waals surface area contributed by atoms with Crippen LogP contribution in [0.25, 0.3) is 0 Å². The Labute approximate surface area is 139 Å². The van der Waals surface area contributed by atoms with Crippen molar-refractivity contribution in [3.05, 3.63) is 12.2 Å². The van der Waals surface area contributed by atoms with Crippen molar-refractivity contribution in [3.63, 3.8) is 0 Å². The van der Waals surface area contributed by atoms with E-state index >= 15 is 0 Å². The molecule has 0 N–H and O–H groups in total. The number of esters is 2. The van der Waals surface area contributed by atoms with Crippen LogP contribution < -0.4 is 0 Å². The molecule has 4 nitrogen and oxygen atoms in total. The Morgan fingerprint density at radius 1 is 1.00 bits per heavy atom. The summed E-state index contributed by atoms with van der Waals surface area (Å²) in [6, 6.07) is 0. The molecule has 4 heteroatoms. The molecule has 0 heterocycles. The molecule has 0 amide bonds. The van der Waals surface area contributed by atoms with Crippen molar-refractivity contribution in [2.24, 2.45) is 17.8 Å². The third kappa shape index (κ3) is 6.76. The highest BCUT2D eigenvalue weighted by Crippen LogP contribution is 2.51. The molecule has 0 aromatic carbocycles. The molecular weight excluding hydrogens is 292 g/mol. The van der Waals surface area contributed by atoms with Crippen LogP contribution in [-0.2, 0) is 19.1 Å². The van der Waals surface area contributed by atoms with E-state index in [0.717, 1.165) is 37.5 Å². The Bertz CT molecular complexity index is 429. The summed E-state index contributed by atoms with van der Waals surface area (Å²) < 4.78 is 10.4.